The van der Waals surface area contributed by atoms with E-state index in [1.807, 2.05) is 12.1 Å². The second-order valence-electron chi connectivity index (χ2n) is 6.16. The van der Waals surface area contributed by atoms with Crippen molar-refractivity contribution in [3.8, 4) is 11.5 Å². The molecule has 0 N–H and O–H groups in total. The van der Waals surface area contributed by atoms with Gasteiger partial charge in [-0.15, -0.1) is 0 Å². The predicted molar refractivity (Wildman–Crippen MR) is 95.2 cm³/mol. The van der Waals surface area contributed by atoms with Crippen molar-refractivity contribution in [3.63, 3.8) is 0 Å². The second-order valence-corrected chi connectivity index (χ2v) is 6.16. The summed E-state index contributed by atoms with van der Waals surface area (Å²) in [5, 5.41) is 0. The molecule has 0 bridgehead atoms. The number of nitrogens with zero attached hydrogens (tertiary/aromatic N) is 1. The minimum absolute atomic E-state index is 0.00640. The molecule has 0 radical (unpaired) electrons. The maximum atomic E-state index is 12.8. The van der Waals surface area contributed by atoms with E-state index in [4.69, 9.17) is 14.2 Å². The summed E-state index contributed by atoms with van der Waals surface area (Å²) in [4.78, 5) is 14.5. The summed E-state index contributed by atoms with van der Waals surface area (Å²) in [6.07, 6.45) is 0.807. The van der Waals surface area contributed by atoms with Gasteiger partial charge in [0.15, 0.2) is 0 Å². The van der Waals surface area contributed by atoms with Crippen LogP contribution >= 0.6 is 0 Å². The number of amides is 1. The Labute approximate surface area is 148 Å². The summed E-state index contributed by atoms with van der Waals surface area (Å²) in [6, 6.07) is 13.5. The Hall–Kier alpha value is -2.53. The van der Waals surface area contributed by atoms with Crippen LogP contribution in [0, 0.1) is 0 Å². The first-order valence-electron chi connectivity index (χ1n) is 8.28. The minimum atomic E-state index is -0.0954. The molecule has 0 spiro atoms. The molecule has 1 aliphatic heterocycles. The first kappa shape index (κ1) is 17.3. The van der Waals surface area contributed by atoms with Crippen molar-refractivity contribution in [2.24, 2.45) is 0 Å². The molecular weight excluding hydrogens is 318 g/mol. The molecule has 132 valence electrons. The summed E-state index contributed by atoms with van der Waals surface area (Å²) in [5.41, 5.74) is 3.04. The molecule has 5 heteroatoms. The average Bonchev–Trinajstić information content (AvgIpc) is 2.66. The zero-order chi connectivity index (χ0) is 17.8. The van der Waals surface area contributed by atoms with Gasteiger partial charge in [-0.3, -0.25) is 4.79 Å². The molecule has 5 nitrogen and oxygen atoms in total. The number of hydrogen-bond donors (Lipinski definition) is 0. The van der Waals surface area contributed by atoms with E-state index in [2.05, 4.69) is 12.1 Å². The van der Waals surface area contributed by atoms with Gasteiger partial charge in [-0.2, -0.15) is 0 Å². The molecule has 1 unspecified atom stereocenters. The minimum Gasteiger partial charge on any atom is -0.497 e. The molecule has 1 aliphatic rings. The molecule has 0 saturated heterocycles. The fraction of sp³-hybridized carbons (Fsp3) is 0.350. The van der Waals surface area contributed by atoms with Gasteiger partial charge < -0.3 is 19.1 Å². The Bertz CT molecular complexity index is 759. The molecule has 25 heavy (non-hydrogen) atoms. The van der Waals surface area contributed by atoms with Gasteiger partial charge in [0.25, 0.3) is 5.91 Å². The third-order valence-electron chi connectivity index (χ3n) is 4.50. The van der Waals surface area contributed by atoms with Crippen molar-refractivity contribution in [1.29, 1.82) is 0 Å². The maximum Gasteiger partial charge on any atom is 0.257 e. The number of rotatable bonds is 5. The van der Waals surface area contributed by atoms with Crippen molar-refractivity contribution in [2.75, 3.05) is 27.8 Å². The van der Waals surface area contributed by atoms with Gasteiger partial charge in [0, 0.05) is 26.1 Å². The SMILES string of the molecule is COc1ccc(C(=O)N(C)CC2Cc3ccccc3CO2)c(OC)c1. The average molecular weight is 341 g/mol. The first-order valence-corrected chi connectivity index (χ1v) is 8.28. The van der Waals surface area contributed by atoms with Crippen LogP contribution in [0.3, 0.4) is 0 Å². The van der Waals surface area contributed by atoms with Gasteiger partial charge in [0.2, 0.25) is 0 Å². The van der Waals surface area contributed by atoms with Gasteiger partial charge >= 0.3 is 0 Å². The number of fused-ring (bicyclic) bond motifs is 1. The van der Waals surface area contributed by atoms with Crippen LogP contribution in [0.25, 0.3) is 0 Å². The molecule has 1 amide bonds. The van der Waals surface area contributed by atoms with Crippen molar-refractivity contribution in [1.82, 2.24) is 4.90 Å². The van der Waals surface area contributed by atoms with E-state index in [1.165, 1.54) is 11.1 Å². The summed E-state index contributed by atoms with van der Waals surface area (Å²) in [6.45, 7) is 1.12. The quantitative estimate of drug-likeness (QED) is 0.839. The highest BCUT2D eigenvalue weighted by Gasteiger charge is 2.24. The zero-order valence-electron chi connectivity index (χ0n) is 14.8. The smallest absolute Gasteiger partial charge is 0.257 e. The Balaban J connectivity index is 1.69. The van der Waals surface area contributed by atoms with Crippen molar-refractivity contribution in [2.45, 2.75) is 19.1 Å². The monoisotopic (exact) mass is 341 g/mol. The number of hydrogen-bond acceptors (Lipinski definition) is 4. The van der Waals surface area contributed by atoms with Gasteiger partial charge in [-0.05, 0) is 23.3 Å². The summed E-state index contributed by atoms with van der Waals surface area (Å²) in [7, 11) is 4.92. The zero-order valence-corrected chi connectivity index (χ0v) is 14.8. The lowest BCUT2D eigenvalue weighted by Crippen LogP contribution is -2.38. The predicted octanol–water partition coefficient (Wildman–Crippen LogP) is 2.92. The molecule has 1 atom stereocenters. The number of carbonyl (C=O) groups excluding carboxylic acids is 1. The Kier molecular flexibility index (Phi) is 5.24. The Morgan fingerprint density at radius 2 is 1.92 bits per heavy atom. The van der Waals surface area contributed by atoms with E-state index < -0.39 is 0 Å². The number of carbonyl (C=O) groups is 1. The Morgan fingerprint density at radius 1 is 1.16 bits per heavy atom. The lowest BCUT2D eigenvalue weighted by atomic mass is 9.99. The van der Waals surface area contributed by atoms with Crippen molar-refractivity contribution in [3.05, 3.63) is 59.2 Å². The van der Waals surface area contributed by atoms with Gasteiger partial charge in [0.05, 0.1) is 32.5 Å². The van der Waals surface area contributed by atoms with E-state index in [1.54, 1.807) is 44.4 Å². The summed E-state index contributed by atoms with van der Waals surface area (Å²) < 4.78 is 16.4. The molecule has 0 saturated carbocycles. The van der Waals surface area contributed by atoms with Gasteiger partial charge in [0.1, 0.15) is 11.5 Å². The molecule has 2 aromatic carbocycles. The number of methoxy groups -OCH3 is 2. The lowest BCUT2D eigenvalue weighted by molar-refractivity contribution is 0.00978. The first-order chi connectivity index (χ1) is 12.1. The van der Waals surface area contributed by atoms with Crippen LogP contribution in [-0.2, 0) is 17.8 Å². The second kappa shape index (κ2) is 7.57. The number of likely N-dealkylation sites (N-methyl/N-ethyl adjacent to an activating group) is 1. The van der Waals surface area contributed by atoms with Crippen LogP contribution in [0.5, 0.6) is 11.5 Å². The standard InChI is InChI=1S/C20H23NO4/c1-21(12-17-10-14-6-4-5-7-15(14)13-25-17)20(22)18-9-8-16(23-2)11-19(18)24-3/h4-9,11,17H,10,12-13H2,1-3H3. The number of benzene rings is 2. The van der Waals surface area contributed by atoms with E-state index in [-0.39, 0.29) is 12.0 Å². The highest BCUT2D eigenvalue weighted by molar-refractivity contribution is 5.97. The van der Waals surface area contributed by atoms with Crippen LogP contribution in [0.15, 0.2) is 42.5 Å². The molecular formula is C20H23NO4. The van der Waals surface area contributed by atoms with Crippen LogP contribution in [0.1, 0.15) is 21.5 Å². The fourth-order valence-corrected chi connectivity index (χ4v) is 3.10. The highest BCUT2D eigenvalue weighted by atomic mass is 16.5. The third kappa shape index (κ3) is 3.77. The van der Waals surface area contributed by atoms with Crippen molar-refractivity contribution >= 4 is 5.91 Å². The molecule has 3 rings (SSSR count). The lowest BCUT2D eigenvalue weighted by Gasteiger charge is -2.29. The van der Waals surface area contributed by atoms with Crippen molar-refractivity contribution < 1.29 is 19.0 Å². The van der Waals surface area contributed by atoms with E-state index in [0.29, 0.717) is 30.2 Å². The molecule has 0 aliphatic carbocycles. The molecule has 1 heterocycles. The van der Waals surface area contributed by atoms with E-state index >= 15 is 0 Å². The third-order valence-corrected chi connectivity index (χ3v) is 4.50. The van der Waals surface area contributed by atoms with Crippen LogP contribution in [-0.4, -0.2) is 44.7 Å². The fourth-order valence-electron chi connectivity index (χ4n) is 3.10. The van der Waals surface area contributed by atoms with Gasteiger partial charge in [-0.1, -0.05) is 24.3 Å². The van der Waals surface area contributed by atoms with E-state index in [0.717, 1.165) is 6.42 Å². The van der Waals surface area contributed by atoms with Gasteiger partial charge in [-0.25, -0.2) is 0 Å². The maximum absolute atomic E-state index is 12.8. The normalized spacial score (nSPS) is 16.0. The number of ether oxygens (including phenoxy) is 3. The van der Waals surface area contributed by atoms with Crippen LogP contribution in [0.2, 0.25) is 0 Å². The van der Waals surface area contributed by atoms with E-state index in [9.17, 15) is 4.79 Å². The Morgan fingerprint density at radius 3 is 2.64 bits per heavy atom. The van der Waals surface area contributed by atoms with Crippen LogP contribution in [0.4, 0.5) is 0 Å². The van der Waals surface area contributed by atoms with Crippen LogP contribution < -0.4 is 9.47 Å². The molecule has 0 fully saturated rings. The molecule has 0 aromatic heterocycles. The highest BCUT2D eigenvalue weighted by Crippen LogP contribution is 2.26. The topological polar surface area (TPSA) is 48.0 Å². The largest absolute Gasteiger partial charge is 0.497 e. The summed E-state index contributed by atoms with van der Waals surface area (Å²) >= 11 is 0. The molecule has 2 aromatic rings. The summed E-state index contributed by atoms with van der Waals surface area (Å²) in [5.74, 6) is 1.07.